The number of amides is 2. The molecule has 36 heavy (non-hydrogen) atoms. The molecule has 2 atom stereocenters. The smallest absolute Gasteiger partial charge is 0.318 e. The van der Waals surface area contributed by atoms with E-state index in [9.17, 15) is 13.6 Å². The zero-order valence-electron chi connectivity index (χ0n) is 21.0. The Morgan fingerprint density at radius 1 is 1.25 bits per heavy atom. The number of halogens is 2. The van der Waals surface area contributed by atoms with Crippen LogP contribution in [0.15, 0.2) is 24.8 Å². The van der Waals surface area contributed by atoms with E-state index < -0.39 is 6.43 Å². The van der Waals surface area contributed by atoms with E-state index in [0.717, 1.165) is 30.4 Å². The molecule has 0 fully saturated rings. The Hall–Kier alpha value is -3.37. The number of carbonyl (C=O) groups excluding carboxylic acids is 1. The van der Waals surface area contributed by atoms with Gasteiger partial charge in [0.2, 0.25) is 12.1 Å². The lowest BCUT2D eigenvalue weighted by Gasteiger charge is -2.30. The molecule has 0 aliphatic carbocycles. The number of ether oxygens (including phenoxy) is 1. The number of alkyl halides is 2. The number of hydrogen-bond donors (Lipinski definition) is 1. The molecular formula is C25H33F2N7O2. The molecule has 4 heterocycles. The second-order valence-electron chi connectivity index (χ2n) is 9.16. The summed E-state index contributed by atoms with van der Waals surface area (Å²) in [5.41, 5.74) is 3.67. The minimum atomic E-state index is -2.40. The van der Waals surface area contributed by atoms with Gasteiger partial charge >= 0.3 is 6.03 Å². The molecule has 0 radical (unpaired) electrons. The highest BCUT2D eigenvalue weighted by Gasteiger charge is 2.25. The van der Waals surface area contributed by atoms with Gasteiger partial charge in [-0.25, -0.2) is 28.1 Å². The third-order valence-corrected chi connectivity index (χ3v) is 6.62. The van der Waals surface area contributed by atoms with Crippen LogP contribution in [0.5, 0.6) is 5.88 Å². The summed E-state index contributed by atoms with van der Waals surface area (Å²) in [6.45, 7) is 6.64. The molecule has 4 rings (SSSR count). The summed E-state index contributed by atoms with van der Waals surface area (Å²) in [7, 11) is 0. The van der Waals surface area contributed by atoms with E-state index in [1.807, 2.05) is 26.8 Å². The zero-order chi connectivity index (χ0) is 25.7. The fourth-order valence-electron chi connectivity index (χ4n) is 4.54. The second-order valence-corrected chi connectivity index (χ2v) is 9.16. The predicted molar refractivity (Wildman–Crippen MR) is 131 cm³/mol. The molecule has 0 spiro atoms. The van der Waals surface area contributed by atoms with Crippen LogP contribution in [0.3, 0.4) is 0 Å². The second kappa shape index (κ2) is 11.6. The normalized spacial score (nSPS) is 19.7. The molecule has 9 nitrogen and oxygen atoms in total. The van der Waals surface area contributed by atoms with Crippen molar-refractivity contribution in [2.75, 3.05) is 13.2 Å². The third-order valence-electron chi connectivity index (χ3n) is 6.62. The summed E-state index contributed by atoms with van der Waals surface area (Å²) in [5, 5.41) is 7.28. The quantitative estimate of drug-likeness (QED) is 0.543. The van der Waals surface area contributed by atoms with Crippen molar-refractivity contribution in [1.82, 2.24) is 34.8 Å². The topological polar surface area (TPSA) is 97.5 Å². The van der Waals surface area contributed by atoms with Crippen LogP contribution in [-0.4, -0.2) is 61.1 Å². The predicted octanol–water partition coefficient (Wildman–Crippen LogP) is 4.95. The highest BCUT2D eigenvalue weighted by Crippen LogP contribution is 2.29. The Kier molecular flexibility index (Phi) is 8.27. The molecule has 0 aromatic carbocycles. The first-order chi connectivity index (χ1) is 17.4. The number of aryl methyl sites for hydroxylation is 1. The minimum absolute atomic E-state index is 0.236. The van der Waals surface area contributed by atoms with Crippen molar-refractivity contribution in [2.24, 2.45) is 0 Å². The van der Waals surface area contributed by atoms with E-state index in [1.54, 1.807) is 21.8 Å². The third kappa shape index (κ3) is 5.88. The van der Waals surface area contributed by atoms with Crippen LogP contribution in [0.4, 0.5) is 13.6 Å². The summed E-state index contributed by atoms with van der Waals surface area (Å²) in [4.78, 5) is 28.5. The van der Waals surface area contributed by atoms with Gasteiger partial charge in [0, 0.05) is 30.8 Å². The molecule has 3 aromatic heterocycles. The minimum Gasteiger partial charge on any atom is -0.475 e. The fourth-order valence-corrected chi connectivity index (χ4v) is 4.54. The highest BCUT2D eigenvalue weighted by molar-refractivity contribution is 5.75. The molecule has 4 bridgehead atoms. The maximum Gasteiger partial charge on any atom is 0.318 e. The van der Waals surface area contributed by atoms with Crippen LogP contribution in [-0.2, 0) is 0 Å². The van der Waals surface area contributed by atoms with Crippen LogP contribution in [0.1, 0.15) is 69.7 Å². The molecule has 0 saturated carbocycles. The van der Waals surface area contributed by atoms with Gasteiger partial charge in [0.05, 0.1) is 30.2 Å². The Morgan fingerprint density at radius 3 is 2.86 bits per heavy atom. The van der Waals surface area contributed by atoms with Crippen LogP contribution in [0, 0.1) is 6.92 Å². The standard InChI is InChI=1S/C25H33F2N7O2/c1-4-33-17(3)20-12-19(16(2)13-28-20)21-14-34-23(29-15-30-34)24(32-21)36-11-7-5-6-8-18(31-25(33)35)9-10-22(26)27/h12-15,17-18,22H,4-11H2,1-3H3,(H,31,35)/t17-,18?/m1/s1. The first-order valence-corrected chi connectivity index (χ1v) is 12.5. The fraction of sp³-hybridized carbons (Fsp3) is 0.560. The first-order valence-electron chi connectivity index (χ1n) is 12.5. The number of fused-ring (bicyclic) bond motifs is 7. The number of nitrogens with zero attached hydrogens (tertiary/aromatic N) is 6. The molecule has 0 saturated heterocycles. The van der Waals surface area contributed by atoms with E-state index in [2.05, 4.69) is 20.4 Å². The number of aromatic nitrogens is 5. The molecule has 1 aliphatic rings. The SMILES string of the molecule is CCN1C(=O)NC(CCC(F)F)CCCCCOc2nc(cn3ncnc23)-c2cc(ncc2C)[C@H]1C. The molecular weight excluding hydrogens is 468 g/mol. The van der Waals surface area contributed by atoms with Gasteiger partial charge in [-0.3, -0.25) is 4.98 Å². The molecule has 2 amide bonds. The first kappa shape index (κ1) is 25.7. The van der Waals surface area contributed by atoms with Crippen molar-refractivity contribution in [2.45, 2.75) is 77.8 Å². The Balaban J connectivity index is 1.71. The van der Waals surface area contributed by atoms with E-state index in [1.165, 1.54) is 6.33 Å². The van der Waals surface area contributed by atoms with Gasteiger partial charge in [-0.1, -0.05) is 6.42 Å². The van der Waals surface area contributed by atoms with Crippen molar-refractivity contribution >= 4 is 11.7 Å². The number of pyridine rings is 1. The van der Waals surface area contributed by atoms with Gasteiger partial charge in [-0.15, -0.1) is 0 Å². The van der Waals surface area contributed by atoms with Crippen LogP contribution in [0.25, 0.3) is 16.9 Å². The van der Waals surface area contributed by atoms with Crippen molar-refractivity contribution in [1.29, 1.82) is 0 Å². The van der Waals surface area contributed by atoms with Crippen LogP contribution < -0.4 is 10.1 Å². The monoisotopic (exact) mass is 501 g/mol. The summed E-state index contributed by atoms with van der Waals surface area (Å²) in [6.07, 6.45) is 5.64. The zero-order valence-corrected chi connectivity index (χ0v) is 21.0. The largest absolute Gasteiger partial charge is 0.475 e. The maximum atomic E-state index is 13.2. The van der Waals surface area contributed by atoms with Gasteiger partial charge in [0.15, 0.2) is 0 Å². The van der Waals surface area contributed by atoms with E-state index in [-0.39, 0.29) is 31.0 Å². The molecule has 194 valence electrons. The maximum absolute atomic E-state index is 13.2. The molecule has 1 N–H and O–H groups in total. The molecule has 1 unspecified atom stereocenters. The van der Waals surface area contributed by atoms with Gasteiger partial charge in [0.1, 0.15) is 6.33 Å². The summed E-state index contributed by atoms with van der Waals surface area (Å²) < 4.78 is 33.5. The van der Waals surface area contributed by atoms with Gasteiger partial charge in [-0.2, -0.15) is 5.10 Å². The number of nitrogens with one attached hydrogen (secondary N) is 1. The number of carbonyl (C=O) groups is 1. The van der Waals surface area contributed by atoms with Gasteiger partial charge in [-0.05, 0) is 58.1 Å². The summed E-state index contributed by atoms with van der Waals surface area (Å²) >= 11 is 0. The number of hydrogen-bond acceptors (Lipinski definition) is 6. The average Bonchev–Trinajstić information content (AvgIpc) is 3.33. The molecule has 11 heteroatoms. The molecule has 3 aromatic rings. The molecule has 1 aliphatic heterocycles. The Morgan fingerprint density at radius 2 is 2.08 bits per heavy atom. The Labute approximate surface area is 209 Å². The van der Waals surface area contributed by atoms with Crippen molar-refractivity contribution in [3.63, 3.8) is 0 Å². The number of urea groups is 1. The average molecular weight is 502 g/mol. The number of rotatable bonds is 4. The van der Waals surface area contributed by atoms with Gasteiger partial charge in [0.25, 0.3) is 5.88 Å². The van der Waals surface area contributed by atoms with E-state index >= 15 is 0 Å². The Bertz CT molecular complexity index is 1190. The summed E-state index contributed by atoms with van der Waals surface area (Å²) in [6, 6.07) is 0.993. The van der Waals surface area contributed by atoms with Crippen molar-refractivity contribution < 1.29 is 18.3 Å². The summed E-state index contributed by atoms with van der Waals surface area (Å²) in [5.74, 6) is 0.405. The lowest BCUT2D eigenvalue weighted by atomic mass is 10.0. The van der Waals surface area contributed by atoms with Crippen molar-refractivity contribution in [3.8, 4) is 17.1 Å². The lowest BCUT2D eigenvalue weighted by Crippen LogP contribution is -2.46. The lowest BCUT2D eigenvalue weighted by molar-refractivity contribution is 0.127. The van der Waals surface area contributed by atoms with Crippen molar-refractivity contribution in [3.05, 3.63) is 36.0 Å². The van der Waals surface area contributed by atoms with Gasteiger partial charge < -0.3 is 15.0 Å². The van der Waals surface area contributed by atoms with Crippen LogP contribution >= 0.6 is 0 Å². The van der Waals surface area contributed by atoms with E-state index in [4.69, 9.17) is 9.72 Å². The van der Waals surface area contributed by atoms with Crippen LogP contribution in [0.2, 0.25) is 0 Å². The van der Waals surface area contributed by atoms with E-state index in [0.29, 0.717) is 42.5 Å². The highest BCUT2D eigenvalue weighted by atomic mass is 19.3.